The Hall–Kier alpha value is -3.60. The average molecular weight is 459 g/mol. The van der Waals surface area contributed by atoms with Crippen molar-refractivity contribution in [1.29, 1.82) is 0 Å². The molecule has 2 aliphatic heterocycles. The van der Waals surface area contributed by atoms with Crippen LogP contribution in [0, 0.1) is 0 Å². The maximum atomic E-state index is 13.1. The van der Waals surface area contributed by atoms with Crippen LogP contribution >= 0.6 is 0 Å². The Morgan fingerprint density at radius 3 is 2.41 bits per heavy atom. The molecule has 0 saturated carbocycles. The number of hydrogen-bond donors (Lipinski definition) is 2. The first-order chi connectivity index (χ1) is 15.1. The molecule has 4 rings (SSSR count). The van der Waals surface area contributed by atoms with Gasteiger partial charge in [0.15, 0.2) is 21.3 Å². The minimum absolute atomic E-state index is 0.111. The fourth-order valence-electron chi connectivity index (χ4n) is 3.52. The van der Waals surface area contributed by atoms with Gasteiger partial charge in [-0.25, -0.2) is 13.2 Å². The van der Waals surface area contributed by atoms with Crippen molar-refractivity contribution >= 4 is 33.4 Å². The summed E-state index contributed by atoms with van der Waals surface area (Å²) in [7, 11) is -3.36. The smallest absolute Gasteiger partial charge is 0.325 e. The fraction of sp³-hybridized carbons (Fsp3) is 0.286. The molecule has 2 aliphatic rings. The lowest BCUT2D eigenvalue weighted by Crippen LogP contribution is -2.42. The number of urea groups is 1. The van der Waals surface area contributed by atoms with E-state index in [1.54, 1.807) is 25.1 Å². The van der Waals surface area contributed by atoms with Crippen LogP contribution in [0.5, 0.6) is 11.5 Å². The van der Waals surface area contributed by atoms with Gasteiger partial charge in [0.1, 0.15) is 25.3 Å². The van der Waals surface area contributed by atoms with Crippen molar-refractivity contribution < 1.29 is 32.3 Å². The molecule has 0 aromatic heterocycles. The first-order valence-electron chi connectivity index (χ1n) is 9.72. The van der Waals surface area contributed by atoms with E-state index in [9.17, 15) is 22.8 Å². The number of nitrogens with zero attached hydrogens (tertiary/aromatic N) is 1. The molecule has 0 radical (unpaired) electrons. The number of imide groups is 1. The molecule has 11 heteroatoms. The number of benzene rings is 2. The molecule has 10 nitrogen and oxygen atoms in total. The Morgan fingerprint density at radius 2 is 1.75 bits per heavy atom. The molecule has 4 amide bonds. The normalized spacial score (nSPS) is 20.1. The Morgan fingerprint density at radius 1 is 1.09 bits per heavy atom. The van der Waals surface area contributed by atoms with Crippen LogP contribution in [0.2, 0.25) is 0 Å². The van der Waals surface area contributed by atoms with Gasteiger partial charge < -0.3 is 20.1 Å². The van der Waals surface area contributed by atoms with E-state index < -0.39 is 39.8 Å². The zero-order valence-electron chi connectivity index (χ0n) is 17.4. The number of nitrogens with one attached hydrogen (secondary N) is 2. The zero-order valence-corrected chi connectivity index (χ0v) is 18.2. The molecule has 0 bridgehead atoms. The van der Waals surface area contributed by atoms with Gasteiger partial charge in [-0.05, 0) is 48.9 Å². The van der Waals surface area contributed by atoms with Crippen LogP contribution in [0.15, 0.2) is 47.4 Å². The van der Waals surface area contributed by atoms with E-state index in [1.165, 1.54) is 24.3 Å². The summed E-state index contributed by atoms with van der Waals surface area (Å²) in [4.78, 5) is 39.0. The van der Waals surface area contributed by atoms with E-state index in [-0.39, 0.29) is 4.90 Å². The lowest BCUT2D eigenvalue weighted by molar-refractivity contribution is -0.133. The van der Waals surface area contributed by atoms with Crippen molar-refractivity contribution in [1.82, 2.24) is 10.2 Å². The van der Waals surface area contributed by atoms with Gasteiger partial charge in [0.25, 0.3) is 5.91 Å². The van der Waals surface area contributed by atoms with Crippen LogP contribution in [0.4, 0.5) is 10.5 Å². The second-order valence-corrected chi connectivity index (χ2v) is 9.67. The van der Waals surface area contributed by atoms with Gasteiger partial charge in [-0.1, -0.05) is 6.07 Å². The largest absolute Gasteiger partial charge is 0.486 e. The standard InChI is InChI=1S/C21H21N3O7S/c1-21(13-3-8-16-17(11-13)31-10-9-30-16)19(26)24(20(27)23-21)12-18(25)22-14-4-6-15(7-5-14)32(2,28)29/h3-8,11H,9-10,12H2,1-2H3,(H,22,25)(H,23,27). The fourth-order valence-corrected chi connectivity index (χ4v) is 4.15. The second-order valence-electron chi connectivity index (χ2n) is 7.65. The molecule has 32 heavy (non-hydrogen) atoms. The molecule has 1 atom stereocenters. The minimum atomic E-state index is -3.36. The number of ether oxygens (including phenoxy) is 2. The highest BCUT2D eigenvalue weighted by Crippen LogP contribution is 2.36. The minimum Gasteiger partial charge on any atom is -0.486 e. The SMILES string of the molecule is CC1(c2ccc3c(c2)OCCO3)NC(=O)N(CC(=O)Nc2ccc(S(C)(=O)=O)cc2)C1=O. The van der Waals surface area contributed by atoms with Gasteiger partial charge in [-0.3, -0.25) is 14.5 Å². The summed E-state index contributed by atoms with van der Waals surface area (Å²) in [6.07, 6.45) is 1.08. The van der Waals surface area contributed by atoms with E-state index in [0.717, 1.165) is 11.2 Å². The summed E-state index contributed by atoms with van der Waals surface area (Å²) in [6.45, 7) is 1.86. The van der Waals surface area contributed by atoms with Crippen molar-refractivity contribution in [2.75, 3.05) is 31.3 Å². The maximum absolute atomic E-state index is 13.1. The van der Waals surface area contributed by atoms with Crippen LogP contribution < -0.4 is 20.1 Å². The van der Waals surface area contributed by atoms with Crippen molar-refractivity contribution in [2.24, 2.45) is 0 Å². The summed E-state index contributed by atoms with van der Waals surface area (Å²) < 4.78 is 34.1. The molecule has 2 aromatic carbocycles. The van der Waals surface area contributed by atoms with Crippen molar-refractivity contribution in [3.05, 3.63) is 48.0 Å². The summed E-state index contributed by atoms with van der Waals surface area (Å²) in [5.74, 6) is -0.155. The van der Waals surface area contributed by atoms with Gasteiger partial charge in [0, 0.05) is 11.9 Å². The third-order valence-electron chi connectivity index (χ3n) is 5.26. The molecule has 1 fully saturated rings. The van der Waals surface area contributed by atoms with Crippen LogP contribution in [-0.2, 0) is 25.0 Å². The van der Waals surface area contributed by atoms with E-state index in [4.69, 9.17) is 9.47 Å². The third kappa shape index (κ3) is 3.98. The molecule has 2 heterocycles. The Labute approximate surface area is 184 Å². The van der Waals surface area contributed by atoms with Gasteiger partial charge in [-0.15, -0.1) is 0 Å². The molecular weight excluding hydrogens is 438 g/mol. The number of sulfone groups is 1. The quantitative estimate of drug-likeness (QED) is 0.644. The van der Waals surface area contributed by atoms with Crippen molar-refractivity contribution in [2.45, 2.75) is 17.4 Å². The van der Waals surface area contributed by atoms with E-state index in [2.05, 4.69) is 10.6 Å². The highest BCUT2D eigenvalue weighted by molar-refractivity contribution is 7.90. The van der Waals surface area contributed by atoms with E-state index >= 15 is 0 Å². The number of anilines is 1. The Balaban J connectivity index is 1.47. The highest BCUT2D eigenvalue weighted by Gasteiger charge is 2.49. The monoisotopic (exact) mass is 459 g/mol. The summed E-state index contributed by atoms with van der Waals surface area (Å²) in [5.41, 5.74) is -0.534. The van der Waals surface area contributed by atoms with Gasteiger partial charge in [-0.2, -0.15) is 0 Å². The first-order valence-corrected chi connectivity index (χ1v) is 11.6. The van der Waals surface area contributed by atoms with Crippen molar-refractivity contribution in [3.63, 3.8) is 0 Å². The van der Waals surface area contributed by atoms with Crippen LogP contribution in [0.25, 0.3) is 0 Å². The molecule has 168 valence electrons. The highest BCUT2D eigenvalue weighted by atomic mass is 32.2. The number of carbonyl (C=O) groups excluding carboxylic acids is 3. The van der Waals surface area contributed by atoms with Gasteiger partial charge in [0.2, 0.25) is 5.91 Å². The lowest BCUT2D eigenvalue weighted by atomic mass is 9.91. The zero-order chi connectivity index (χ0) is 23.1. The van der Waals surface area contributed by atoms with Crippen molar-refractivity contribution in [3.8, 4) is 11.5 Å². The molecule has 2 aromatic rings. The molecular formula is C21H21N3O7S. The number of fused-ring (bicyclic) bond motifs is 1. The second kappa shape index (κ2) is 7.83. The predicted molar refractivity (Wildman–Crippen MR) is 113 cm³/mol. The van der Waals surface area contributed by atoms with Crippen LogP contribution in [-0.4, -0.2) is 57.2 Å². The summed E-state index contributed by atoms with van der Waals surface area (Å²) >= 11 is 0. The lowest BCUT2D eigenvalue weighted by Gasteiger charge is -2.25. The third-order valence-corrected chi connectivity index (χ3v) is 6.39. The van der Waals surface area contributed by atoms with E-state index in [0.29, 0.717) is 36.0 Å². The van der Waals surface area contributed by atoms with Gasteiger partial charge in [0.05, 0.1) is 4.90 Å². The number of hydrogen-bond acceptors (Lipinski definition) is 7. The molecule has 1 unspecified atom stereocenters. The Kier molecular flexibility index (Phi) is 5.29. The maximum Gasteiger partial charge on any atom is 0.325 e. The number of amides is 4. The summed E-state index contributed by atoms with van der Waals surface area (Å²) in [5, 5.41) is 5.19. The molecule has 2 N–H and O–H groups in total. The Bertz CT molecular complexity index is 1210. The first kappa shape index (κ1) is 21.6. The molecule has 1 saturated heterocycles. The van der Waals surface area contributed by atoms with Gasteiger partial charge >= 0.3 is 6.03 Å². The number of rotatable bonds is 5. The van der Waals surface area contributed by atoms with E-state index in [1.807, 2.05) is 0 Å². The summed E-state index contributed by atoms with van der Waals surface area (Å²) in [6, 6.07) is 9.85. The van der Waals surface area contributed by atoms with Crippen LogP contribution in [0.1, 0.15) is 12.5 Å². The molecule has 0 spiro atoms. The topological polar surface area (TPSA) is 131 Å². The predicted octanol–water partition coefficient (Wildman–Crippen LogP) is 1.27. The van der Waals surface area contributed by atoms with Crippen LogP contribution in [0.3, 0.4) is 0 Å². The molecule has 0 aliphatic carbocycles. The number of carbonyl (C=O) groups is 3. The average Bonchev–Trinajstić information content (AvgIpc) is 2.97.